The number of rotatable bonds is 4. The van der Waals surface area contributed by atoms with Gasteiger partial charge >= 0.3 is 0 Å². The standard InChI is InChI=1S/C19H21N5O2/c20-15-16-5-3-8-21-19(16)24-11-4-10-23(13-14-24)18(26)7-12-22-9-2-1-6-17(22)25/h1-3,5-6,8-9H,4,7,10-14H2. The van der Waals surface area contributed by atoms with Gasteiger partial charge in [0.2, 0.25) is 5.91 Å². The second-order valence-corrected chi connectivity index (χ2v) is 6.19. The van der Waals surface area contributed by atoms with E-state index in [1.165, 1.54) is 6.07 Å². The van der Waals surface area contributed by atoms with Crippen molar-refractivity contribution in [3.05, 3.63) is 58.6 Å². The van der Waals surface area contributed by atoms with Crippen LogP contribution >= 0.6 is 0 Å². The van der Waals surface area contributed by atoms with Crippen LogP contribution in [0.1, 0.15) is 18.4 Å². The summed E-state index contributed by atoms with van der Waals surface area (Å²) < 4.78 is 1.55. The van der Waals surface area contributed by atoms with E-state index in [9.17, 15) is 14.9 Å². The minimum atomic E-state index is -0.0958. The smallest absolute Gasteiger partial charge is 0.250 e. The maximum absolute atomic E-state index is 12.5. The molecule has 3 rings (SSSR count). The lowest BCUT2D eigenvalue weighted by Crippen LogP contribution is -2.36. The first-order valence-corrected chi connectivity index (χ1v) is 8.72. The Morgan fingerprint density at radius 3 is 2.85 bits per heavy atom. The third-order valence-electron chi connectivity index (χ3n) is 4.52. The Morgan fingerprint density at radius 1 is 1.15 bits per heavy atom. The molecule has 1 aliphatic heterocycles. The van der Waals surface area contributed by atoms with Crippen molar-refractivity contribution in [2.75, 3.05) is 31.1 Å². The van der Waals surface area contributed by atoms with Gasteiger partial charge in [0.1, 0.15) is 11.9 Å². The summed E-state index contributed by atoms with van der Waals surface area (Å²) in [5.74, 6) is 0.726. The van der Waals surface area contributed by atoms with Crippen LogP contribution in [0.3, 0.4) is 0 Å². The van der Waals surface area contributed by atoms with Gasteiger partial charge in [-0.25, -0.2) is 4.98 Å². The lowest BCUT2D eigenvalue weighted by molar-refractivity contribution is -0.131. The second kappa shape index (κ2) is 8.30. The molecule has 0 unspecified atom stereocenters. The van der Waals surface area contributed by atoms with Gasteiger partial charge in [0.25, 0.3) is 5.56 Å². The van der Waals surface area contributed by atoms with Crippen molar-refractivity contribution in [1.82, 2.24) is 14.5 Å². The average molecular weight is 351 g/mol. The molecular formula is C19H21N5O2. The van der Waals surface area contributed by atoms with Gasteiger partial charge < -0.3 is 14.4 Å². The Bertz CT molecular complexity index is 870. The van der Waals surface area contributed by atoms with Crippen LogP contribution in [0.25, 0.3) is 0 Å². The minimum absolute atomic E-state index is 0.0455. The Kier molecular flexibility index (Phi) is 5.64. The Hall–Kier alpha value is -3.14. The summed E-state index contributed by atoms with van der Waals surface area (Å²) in [5.41, 5.74) is 0.456. The van der Waals surface area contributed by atoms with Crippen molar-refractivity contribution in [1.29, 1.82) is 5.26 Å². The number of aryl methyl sites for hydroxylation is 1. The molecule has 1 amide bonds. The topological polar surface area (TPSA) is 82.2 Å². The normalized spacial score (nSPS) is 14.6. The van der Waals surface area contributed by atoms with Gasteiger partial charge in [-0.1, -0.05) is 6.07 Å². The Balaban J connectivity index is 1.60. The average Bonchev–Trinajstić information content (AvgIpc) is 2.93. The fourth-order valence-electron chi connectivity index (χ4n) is 3.13. The van der Waals surface area contributed by atoms with E-state index < -0.39 is 0 Å². The van der Waals surface area contributed by atoms with Gasteiger partial charge in [-0.3, -0.25) is 9.59 Å². The molecule has 1 saturated heterocycles. The number of amides is 1. The molecule has 2 aromatic rings. The zero-order valence-corrected chi connectivity index (χ0v) is 14.5. The van der Waals surface area contributed by atoms with Gasteiger partial charge in [-0.2, -0.15) is 5.26 Å². The Morgan fingerprint density at radius 2 is 2.04 bits per heavy atom. The van der Waals surface area contributed by atoms with E-state index in [4.69, 9.17) is 0 Å². The molecule has 0 saturated carbocycles. The molecule has 7 nitrogen and oxygen atoms in total. The number of nitriles is 1. The lowest BCUT2D eigenvalue weighted by atomic mass is 10.2. The predicted molar refractivity (Wildman–Crippen MR) is 97.7 cm³/mol. The highest BCUT2D eigenvalue weighted by Crippen LogP contribution is 2.18. The number of carbonyl (C=O) groups excluding carboxylic acids is 1. The highest BCUT2D eigenvalue weighted by molar-refractivity contribution is 5.76. The van der Waals surface area contributed by atoms with E-state index in [-0.39, 0.29) is 11.5 Å². The molecule has 7 heteroatoms. The van der Waals surface area contributed by atoms with E-state index in [1.807, 2.05) is 4.90 Å². The van der Waals surface area contributed by atoms with Gasteiger partial charge in [0.05, 0.1) is 5.56 Å². The highest BCUT2D eigenvalue weighted by atomic mass is 16.2. The number of aromatic nitrogens is 2. The fraction of sp³-hybridized carbons (Fsp3) is 0.368. The molecule has 1 aliphatic rings. The summed E-state index contributed by atoms with van der Waals surface area (Å²) in [6.07, 6.45) is 4.50. The fourth-order valence-corrected chi connectivity index (χ4v) is 3.13. The summed E-state index contributed by atoms with van der Waals surface area (Å²) in [5, 5.41) is 9.25. The molecule has 2 aromatic heterocycles. The molecular weight excluding hydrogens is 330 g/mol. The van der Waals surface area contributed by atoms with E-state index in [0.29, 0.717) is 44.0 Å². The molecule has 0 radical (unpaired) electrons. The molecule has 134 valence electrons. The van der Waals surface area contributed by atoms with Crippen molar-refractivity contribution < 1.29 is 4.79 Å². The SMILES string of the molecule is N#Cc1cccnc1N1CCCN(C(=O)CCn2ccccc2=O)CC1. The minimum Gasteiger partial charge on any atom is -0.354 e. The van der Waals surface area contributed by atoms with E-state index in [2.05, 4.69) is 16.0 Å². The van der Waals surface area contributed by atoms with Crippen molar-refractivity contribution >= 4 is 11.7 Å². The van der Waals surface area contributed by atoms with E-state index in [0.717, 1.165) is 13.0 Å². The van der Waals surface area contributed by atoms with Crippen LogP contribution in [-0.4, -0.2) is 46.5 Å². The molecule has 26 heavy (non-hydrogen) atoms. The first kappa shape index (κ1) is 17.7. The van der Waals surface area contributed by atoms with Crippen LogP contribution in [0, 0.1) is 11.3 Å². The number of pyridine rings is 2. The third kappa shape index (κ3) is 4.09. The number of carbonyl (C=O) groups is 1. The van der Waals surface area contributed by atoms with Crippen LogP contribution < -0.4 is 10.5 Å². The molecule has 0 N–H and O–H groups in total. The summed E-state index contributed by atoms with van der Waals surface area (Å²) >= 11 is 0. The molecule has 0 aromatic carbocycles. The number of hydrogen-bond donors (Lipinski definition) is 0. The van der Waals surface area contributed by atoms with Crippen LogP contribution in [0.2, 0.25) is 0 Å². The molecule has 1 fully saturated rings. The first-order valence-electron chi connectivity index (χ1n) is 8.72. The number of hydrogen-bond acceptors (Lipinski definition) is 5. The summed E-state index contributed by atoms with van der Waals surface area (Å²) in [6, 6.07) is 10.7. The van der Waals surface area contributed by atoms with Gasteiger partial charge in [-0.05, 0) is 24.6 Å². The molecule has 0 spiro atoms. The number of anilines is 1. The third-order valence-corrected chi connectivity index (χ3v) is 4.52. The van der Waals surface area contributed by atoms with Crippen LogP contribution in [-0.2, 0) is 11.3 Å². The number of nitrogens with zero attached hydrogens (tertiary/aromatic N) is 5. The van der Waals surface area contributed by atoms with E-state index in [1.54, 1.807) is 41.2 Å². The second-order valence-electron chi connectivity index (χ2n) is 6.19. The van der Waals surface area contributed by atoms with Crippen LogP contribution in [0.15, 0.2) is 47.5 Å². The summed E-state index contributed by atoms with van der Waals surface area (Å²) in [7, 11) is 0. The summed E-state index contributed by atoms with van der Waals surface area (Å²) in [6.45, 7) is 3.05. The largest absolute Gasteiger partial charge is 0.354 e. The van der Waals surface area contributed by atoms with E-state index >= 15 is 0 Å². The maximum atomic E-state index is 12.5. The quantitative estimate of drug-likeness (QED) is 0.828. The van der Waals surface area contributed by atoms with Crippen molar-refractivity contribution in [2.24, 2.45) is 0 Å². The van der Waals surface area contributed by atoms with Gasteiger partial charge in [0, 0.05) is 57.6 Å². The van der Waals surface area contributed by atoms with Gasteiger partial charge in [0.15, 0.2) is 0 Å². The zero-order chi connectivity index (χ0) is 18.4. The van der Waals surface area contributed by atoms with Crippen LogP contribution in [0.4, 0.5) is 5.82 Å². The van der Waals surface area contributed by atoms with Gasteiger partial charge in [-0.15, -0.1) is 0 Å². The zero-order valence-electron chi connectivity index (χ0n) is 14.5. The van der Waals surface area contributed by atoms with Crippen molar-refractivity contribution in [3.63, 3.8) is 0 Å². The predicted octanol–water partition coefficient (Wildman–Crippen LogP) is 1.24. The van der Waals surface area contributed by atoms with Crippen molar-refractivity contribution in [3.8, 4) is 6.07 Å². The summed E-state index contributed by atoms with van der Waals surface area (Å²) in [4.78, 5) is 32.5. The van der Waals surface area contributed by atoms with Crippen LogP contribution in [0.5, 0.6) is 0 Å². The molecule has 3 heterocycles. The van der Waals surface area contributed by atoms with Crippen molar-refractivity contribution in [2.45, 2.75) is 19.4 Å². The lowest BCUT2D eigenvalue weighted by Gasteiger charge is -2.23. The molecule has 0 aliphatic carbocycles. The molecule has 0 bridgehead atoms. The highest BCUT2D eigenvalue weighted by Gasteiger charge is 2.21. The molecule has 0 atom stereocenters. The first-order chi connectivity index (χ1) is 12.7. The monoisotopic (exact) mass is 351 g/mol. The Labute approximate surface area is 152 Å². The maximum Gasteiger partial charge on any atom is 0.250 e.